The van der Waals surface area contributed by atoms with E-state index in [2.05, 4.69) is 15.9 Å². The zero-order chi connectivity index (χ0) is 12.1. The molecule has 86 valence electrons. The molecule has 0 aromatic heterocycles. The Balaban J connectivity index is 2.81. The molecular weight excluding hydrogens is 272 g/mol. The summed E-state index contributed by atoms with van der Waals surface area (Å²) >= 11 is 3.30. The molecule has 1 aromatic rings. The van der Waals surface area contributed by atoms with Crippen LogP contribution in [0.2, 0.25) is 0 Å². The minimum Gasteiger partial charge on any atom is -0.466 e. The van der Waals surface area contributed by atoms with Crippen molar-refractivity contribution in [1.82, 2.24) is 0 Å². The molecule has 1 aromatic carbocycles. The summed E-state index contributed by atoms with van der Waals surface area (Å²) in [5.41, 5.74) is 1.45. The van der Waals surface area contributed by atoms with Crippen LogP contribution >= 0.6 is 15.9 Å². The number of halogens is 1. The Labute approximate surface area is 103 Å². The third kappa shape index (κ3) is 3.45. The lowest BCUT2D eigenvalue weighted by Crippen LogP contribution is -2.07. The van der Waals surface area contributed by atoms with Crippen molar-refractivity contribution in [2.45, 2.75) is 20.3 Å². The van der Waals surface area contributed by atoms with Crippen molar-refractivity contribution in [3.63, 3.8) is 0 Å². The van der Waals surface area contributed by atoms with Gasteiger partial charge in [-0.1, -0.05) is 22.0 Å². The van der Waals surface area contributed by atoms with Gasteiger partial charge in [-0.25, -0.2) is 0 Å². The molecular formula is C12H13BrO3. The number of Topliss-reactive ketones (excluding diaryl/α,β-unsaturated/α-hetero) is 1. The van der Waals surface area contributed by atoms with Crippen molar-refractivity contribution >= 4 is 27.7 Å². The molecule has 0 aliphatic heterocycles. The molecule has 0 saturated carbocycles. The minimum absolute atomic E-state index is 0.00504. The number of ether oxygens (including phenoxy) is 1. The molecule has 0 saturated heterocycles. The van der Waals surface area contributed by atoms with Crippen LogP contribution in [-0.2, 0) is 16.0 Å². The first kappa shape index (κ1) is 12.9. The quantitative estimate of drug-likeness (QED) is 0.631. The van der Waals surface area contributed by atoms with Gasteiger partial charge in [0.05, 0.1) is 13.0 Å². The van der Waals surface area contributed by atoms with Gasteiger partial charge in [0.2, 0.25) is 0 Å². The highest BCUT2D eigenvalue weighted by molar-refractivity contribution is 9.10. The smallest absolute Gasteiger partial charge is 0.310 e. The lowest BCUT2D eigenvalue weighted by atomic mass is 10.1. The predicted octanol–water partition coefficient (Wildman–Crippen LogP) is 2.76. The average Bonchev–Trinajstić information content (AvgIpc) is 2.17. The van der Waals surface area contributed by atoms with Crippen LogP contribution in [0.25, 0.3) is 0 Å². The van der Waals surface area contributed by atoms with Crippen molar-refractivity contribution in [1.29, 1.82) is 0 Å². The zero-order valence-electron chi connectivity index (χ0n) is 9.25. The van der Waals surface area contributed by atoms with Gasteiger partial charge >= 0.3 is 5.97 Å². The van der Waals surface area contributed by atoms with E-state index in [9.17, 15) is 9.59 Å². The fourth-order valence-electron chi connectivity index (χ4n) is 1.33. The van der Waals surface area contributed by atoms with Crippen molar-refractivity contribution in [3.05, 3.63) is 33.8 Å². The number of rotatable bonds is 4. The second-order valence-corrected chi connectivity index (χ2v) is 4.21. The first-order chi connectivity index (χ1) is 7.54. The maximum atomic E-state index is 11.2. The number of ketones is 1. The second kappa shape index (κ2) is 5.80. The Hall–Kier alpha value is -1.16. The Morgan fingerprint density at radius 1 is 1.38 bits per heavy atom. The van der Waals surface area contributed by atoms with Crippen molar-refractivity contribution < 1.29 is 14.3 Å². The monoisotopic (exact) mass is 284 g/mol. The summed E-state index contributed by atoms with van der Waals surface area (Å²) in [7, 11) is 0. The van der Waals surface area contributed by atoms with Crippen LogP contribution in [0, 0.1) is 0 Å². The summed E-state index contributed by atoms with van der Waals surface area (Å²) < 4.78 is 5.55. The van der Waals surface area contributed by atoms with E-state index in [0.29, 0.717) is 16.6 Å². The summed E-state index contributed by atoms with van der Waals surface area (Å²) in [6.45, 7) is 3.66. The van der Waals surface area contributed by atoms with E-state index in [1.54, 1.807) is 25.1 Å². The SMILES string of the molecule is CCOC(=O)Cc1ccc(C(C)=O)c(Br)c1. The highest BCUT2D eigenvalue weighted by Gasteiger charge is 2.08. The van der Waals surface area contributed by atoms with E-state index in [4.69, 9.17) is 4.74 Å². The Kier molecular flexibility index (Phi) is 4.68. The molecule has 3 nitrogen and oxygen atoms in total. The van der Waals surface area contributed by atoms with E-state index in [-0.39, 0.29) is 18.2 Å². The number of hydrogen-bond acceptors (Lipinski definition) is 3. The number of carbonyl (C=O) groups excluding carboxylic acids is 2. The van der Waals surface area contributed by atoms with Gasteiger partial charge in [-0.3, -0.25) is 9.59 Å². The summed E-state index contributed by atoms with van der Waals surface area (Å²) in [5.74, 6) is -0.264. The van der Waals surface area contributed by atoms with Gasteiger partial charge in [-0.15, -0.1) is 0 Å². The van der Waals surface area contributed by atoms with Gasteiger partial charge < -0.3 is 4.74 Å². The van der Waals surface area contributed by atoms with Crippen molar-refractivity contribution in [2.75, 3.05) is 6.61 Å². The normalized spacial score (nSPS) is 9.94. The minimum atomic E-state index is -0.259. The Bertz CT molecular complexity index is 413. The first-order valence-corrected chi connectivity index (χ1v) is 5.79. The van der Waals surface area contributed by atoms with Crippen LogP contribution in [0.4, 0.5) is 0 Å². The summed E-state index contributed by atoms with van der Waals surface area (Å²) in [6, 6.07) is 5.24. The maximum Gasteiger partial charge on any atom is 0.310 e. The lowest BCUT2D eigenvalue weighted by molar-refractivity contribution is -0.142. The zero-order valence-corrected chi connectivity index (χ0v) is 10.8. The average molecular weight is 285 g/mol. The number of esters is 1. The fraction of sp³-hybridized carbons (Fsp3) is 0.333. The second-order valence-electron chi connectivity index (χ2n) is 3.35. The molecule has 0 atom stereocenters. The number of carbonyl (C=O) groups is 2. The van der Waals surface area contributed by atoms with Gasteiger partial charge in [0.25, 0.3) is 0 Å². The topological polar surface area (TPSA) is 43.4 Å². The highest BCUT2D eigenvalue weighted by atomic mass is 79.9. The molecule has 16 heavy (non-hydrogen) atoms. The molecule has 0 heterocycles. The van der Waals surface area contributed by atoms with Crippen molar-refractivity contribution in [2.24, 2.45) is 0 Å². The molecule has 0 spiro atoms. The van der Waals surface area contributed by atoms with Gasteiger partial charge in [-0.2, -0.15) is 0 Å². The standard InChI is InChI=1S/C12H13BrO3/c1-3-16-12(15)7-9-4-5-10(8(2)14)11(13)6-9/h4-6H,3,7H2,1-2H3. The first-order valence-electron chi connectivity index (χ1n) is 4.99. The molecule has 0 unspecified atom stereocenters. The highest BCUT2D eigenvalue weighted by Crippen LogP contribution is 2.19. The molecule has 0 N–H and O–H groups in total. The van der Waals surface area contributed by atoms with E-state index in [1.807, 2.05) is 0 Å². The molecule has 0 aliphatic rings. The van der Waals surface area contributed by atoms with E-state index in [0.717, 1.165) is 5.56 Å². The summed E-state index contributed by atoms with van der Waals surface area (Å²) in [5, 5.41) is 0. The molecule has 0 aliphatic carbocycles. The van der Waals surface area contributed by atoms with E-state index >= 15 is 0 Å². The van der Waals surface area contributed by atoms with E-state index in [1.165, 1.54) is 6.92 Å². The third-order valence-electron chi connectivity index (χ3n) is 2.07. The van der Waals surface area contributed by atoms with Gasteiger partial charge in [0.15, 0.2) is 5.78 Å². The lowest BCUT2D eigenvalue weighted by Gasteiger charge is -2.05. The van der Waals surface area contributed by atoms with Crippen LogP contribution in [-0.4, -0.2) is 18.4 Å². The molecule has 0 radical (unpaired) electrons. The molecule has 4 heteroatoms. The van der Waals surface area contributed by atoms with Crippen LogP contribution < -0.4 is 0 Å². The van der Waals surface area contributed by atoms with Crippen LogP contribution in [0.5, 0.6) is 0 Å². The van der Waals surface area contributed by atoms with Crippen molar-refractivity contribution in [3.8, 4) is 0 Å². The Morgan fingerprint density at radius 3 is 2.56 bits per heavy atom. The Morgan fingerprint density at radius 2 is 2.06 bits per heavy atom. The van der Waals surface area contributed by atoms with Crippen LogP contribution in [0.1, 0.15) is 29.8 Å². The molecule has 0 bridgehead atoms. The predicted molar refractivity (Wildman–Crippen MR) is 64.5 cm³/mol. The fourth-order valence-corrected chi connectivity index (χ4v) is 2.04. The van der Waals surface area contributed by atoms with Gasteiger partial charge in [0.1, 0.15) is 0 Å². The van der Waals surface area contributed by atoms with Gasteiger partial charge in [0, 0.05) is 10.0 Å². The number of benzene rings is 1. The molecule has 1 rings (SSSR count). The summed E-state index contributed by atoms with van der Waals surface area (Å²) in [6.07, 6.45) is 0.227. The van der Waals surface area contributed by atoms with E-state index < -0.39 is 0 Å². The third-order valence-corrected chi connectivity index (χ3v) is 2.72. The van der Waals surface area contributed by atoms with Gasteiger partial charge in [-0.05, 0) is 31.5 Å². The van der Waals surface area contributed by atoms with Crippen LogP contribution in [0.3, 0.4) is 0 Å². The summed E-state index contributed by atoms with van der Waals surface area (Å²) in [4.78, 5) is 22.4. The molecule has 0 fully saturated rings. The largest absolute Gasteiger partial charge is 0.466 e. The van der Waals surface area contributed by atoms with Crippen LogP contribution in [0.15, 0.2) is 22.7 Å². The molecule has 0 amide bonds. The maximum absolute atomic E-state index is 11.2. The number of hydrogen-bond donors (Lipinski definition) is 0.